The smallest absolute Gasteiger partial charge is 0.267 e. The van der Waals surface area contributed by atoms with Crippen LogP contribution in [0.25, 0.3) is 16.6 Å². The Hall–Kier alpha value is -5.67. The van der Waals surface area contributed by atoms with Gasteiger partial charge in [-0.05, 0) is 62.6 Å². The molecule has 1 fully saturated rings. The minimum atomic E-state index is -0.389. The summed E-state index contributed by atoms with van der Waals surface area (Å²) in [5.41, 5.74) is 15.8. The zero-order valence-corrected chi connectivity index (χ0v) is 23.2. The zero-order chi connectivity index (χ0) is 29.4. The van der Waals surface area contributed by atoms with E-state index in [1.807, 2.05) is 91.5 Å². The number of rotatable bonds is 3. The van der Waals surface area contributed by atoms with Gasteiger partial charge in [0.25, 0.3) is 5.56 Å². The normalized spacial score (nSPS) is 16.2. The lowest BCUT2D eigenvalue weighted by molar-refractivity contribution is 0.615. The third-order valence-electron chi connectivity index (χ3n) is 7.67. The van der Waals surface area contributed by atoms with Crippen LogP contribution in [0.4, 0.5) is 17.6 Å². The Bertz CT molecular complexity index is 2000. The van der Waals surface area contributed by atoms with E-state index in [1.54, 1.807) is 4.57 Å². The number of benzene rings is 3. The Morgan fingerprint density at radius 3 is 2.36 bits per heavy atom. The van der Waals surface area contributed by atoms with Gasteiger partial charge < -0.3 is 16.4 Å². The van der Waals surface area contributed by atoms with E-state index in [0.29, 0.717) is 40.2 Å². The van der Waals surface area contributed by atoms with Crippen molar-refractivity contribution in [2.45, 2.75) is 38.8 Å². The molecule has 2 atom stereocenters. The Morgan fingerprint density at radius 2 is 1.60 bits per heavy atom. The van der Waals surface area contributed by atoms with Crippen LogP contribution in [0, 0.1) is 30.1 Å². The lowest BCUT2D eigenvalue weighted by atomic mass is 10.1. The predicted octanol–water partition coefficient (Wildman–Crippen LogP) is 4.65. The molecule has 0 aliphatic carbocycles. The maximum atomic E-state index is 14.5. The molecule has 0 radical (unpaired) electrons. The molecule has 5 aromatic rings. The number of aryl methyl sites for hydroxylation is 1. The number of nitriles is 1. The number of aromatic nitrogens is 4. The summed E-state index contributed by atoms with van der Waals surface area (Å²) in [6, 6.07) is 24.6. The molecule has 0 saturated carbocycles. The molecule has 42 heavy (non-hydrogen) atoms. The van der Waals surface area contributed by atoms with Gasteiger partial charge in [-0.2, -0.15) is 15.2 Å². The van der Waals surface area contributed by atoms with Gasteiger partial charge in [-0.1, -0.05) is 54.3 Å². The van der Waals surface area contributed by atoms with Crippen molar-refractivity contribution in [2.75, 3.05) is 16.4 Å². The summed E-state index contributed by atoms with van der Waals surface area (Å²) in [6.07, 6.45) is 1.46. The zero-order valence-electron chi connectivity index (χ0n) is 23.2. The first-order valence-corrected chi connectivity index (χ1v) is 13.7. The second-order valence-corrected chi connectivity index (χ2v) is 10.3. The standard InChI is InChI=1S/C33H28N8O/c1-20-9-6-7-10-22(20)16-17-23-11-8-14-26-28(23)32(42)41(24-12-4-3-5-13-24)31(37-26)27-18-15-21(2)40(27)30-25(19-34)29(35)38-33(36)39-30/h3-14,21,27H,15,18H2,1-2H3,(H4,35,36,38,39)/t21-,27-/m0/s1. The number of fused-ring (bicyclic) bond motifs is 1. The van der Waals surface area contributed by atoms with E-state index in [4.69, 9.17) is 16.5 Å². The van der Waals surface area contributed by atoms with Crippen molar-refractivity contribution in [2.24, 2.45) is 0 Å². The Labute approximate surface area is 243 Å². The minimum Gasteiger partial charge on any atom is -0.382 e. The van der Waals surface area contributed by atoms with Crippen LogP contribution in [0.5, 0.6) is 0 Å². The van der Waals surface area contributed by atoms with Crippen molar-refractivity contribution in [1.82, 2.24) is 19.5 Å². The Balaban J connectivity index is 1.60. The van der Waals surface area contributed by atoms with Gasteiger partial charge in [0.15, 0.2) is 5.82 Å². The van der Waals surface area contributed by atoms with Crippen LogP contribution in [-0.2, 0) is 0 Å². The van der Waals surface area contributed by atoms with Crippen LogP contribution >= 0.6 is 0 Å². The van der Waals surface area contributed by atoms with E-state index in [9.17, 15) is 10.1 Å². The molecule has 3 heterocycles. The molecular weight excluding hydrogens is 524 g/mol. The molecule has 0 unspecified atom stereocenters. The summed E-state index contributed by atoms with van der Waals surface area (Å²) >= 11 is 0. The number of nitrogen functional groups attached to an aromatic ring is 2. The van der Waals surface area contributed by atoms with E-state index < -0.39 is 0 Å². The number of hydrogen-bond donors (Lipinski definition) is 2. The molecule has 9 heteroatoms. The average molecular weight is 553 g/mol. The molecule has 1 aliphatic rings. The van der Waals surface area contributed by atoms with Crippen LogP contribution in [0.2, 0.25) is 0 Å². The molecule has 1 aliphatic heterocycles. The largest absolute Gasteiger partial charge is 0.382 e. The third-order valence-corrected chi connectivity index (χ3v) is 7.67. The molecule has 206 valence electrons. The number of anilines is 3. The molecule has 3 aromatic carbocycles. The second-order valence-electron chi connectivity index (χ2n) is 10.3. The van der Waals surface area contributed by atoms with Crippen molar-refractivity contribution >= 4 is 28.5 Å². The molecule has 0 bridgehead atoms. The van der Waals surface area contributed by atoms with Gasteiger partial charge >= 0.3 is 0 Å². The Morgan fingerprint density at radius 1 is 0.881 bits per heavy atom. The molecule has 2 aromatic heterocycles. The quantitative estimate of drug-likeness (QED) is 0.308. The fourth-order valence-corrected chi connectivity index (χ4v) is 5.62. The summed E-state index contributed by atoms with van der Waals surface area (Å²) in [5, 5.41) is 10.4. The maximum Gasteiger partial charge on any atom is 0.267 e. The highest BCUT2D eigenvalue weighted by atomic mass is 16.1. The topological polar surface area (TPSA) is 140 Å². The predicted molar refractivity (Wildman–Crippen MR) is 164 cm³/mol. The third kappa shape index (κ3) is 4.57. The molecule has 0 amide bonds. The molecule has 9 nitrogen and oxygen atoms in total. The molecule has 0 spiro atoms. The molecule has 1 saturated heterocycles. The highest BCUT2D eigenvalue weighted by Gasteiger charge is 2.38. The first-order chi connectivity index (χ1) is 20.4. The van der Waals surface area contributed by atoms with E-state index in [2.05, 4.69) is 27.9 Å². The van der Waals surface area contributed by atoms with Crippen molar-refractivity contribution in [1.29, 1.82) is 5.26 Å². The lowest BCUT2D eigenvalue weighted by Crippen LogP contribution is -2.36. The SMILES string of the molecule is Cc1ccccc1C#Cc1cccc2nc([C@@H]3CC[C@H](C)N3c3nc(N)nc(N)c3C#N)n(-c3ccccc3)c(=O)c12. The van der Waals surface area contributed by atoms with Crippen LogP contribution in [0.1, 0.15) is 53.9 Å². The summed E-state index contributed by atoms with van der Waals surface area (Å²) in [5.74, 6) is 7.32. The van der Waals surface area contributed by atoms with E-state index >= 15 is 0 Å². The highest BCUT2D eigenvalue weighted by Crippen LogP contribution is 2.41. The van der Waals surface area contributed by atoms with Gasteiger partial charge in [0.1, 0.15) is 23.3 Å². The summed E-state index contributed by atoms with van der Waals surface area (Å²) in [4.78, 5) is 30.0. The first kappa shape index (κ1) is 26.5. The van der Waals surface area contributed by atoms with Crippen LogP contribution in [0.15, 0.2) is 77.6 Å². The van der Waals surface area contributed by atoms with E-state index in [1.165, 1.54) is 0 Å². The Kier molecular flexibility index (Phi) is 6.77. The van der Waals surface area contributed by atoms with Crippen molar-refractivity contribution in [3.05, 3.63) is 111 Å². The van der Waals surface area contributed by atoms with Crippen LogP contribution in [-0.4, -0.2) is 25.6 Å². The fourth-order valence-electron chi connectivity index (χ4n) is 5.62. The maximum absolute atomic E-state index is 14.5. The minimum absolute atomic E-state index is 0.0154. The summed E-state index contributed by atoms with van der Waals surface area (Å²) < 4.78 is 1.65. The van der Waals surface area contributed by atoms with Gasteiger partial charge in [-0.15, -0.1) is 0 Å². The van der Waals surface area contributed by atoms with Crippen molar-refractivity contribution < 1.29 is 0 Å². The van der Waals surface area contributed by atoms with Crippen LogP contribution < -0.4 is 21.9 Å². The molecular formula is C33H28N8O. The van der Waals surface area contributed by atoms with E-state index in [-0.39, 0.29) is 35.0 Å². The van der Waals surface area contributed by atoms with Gasteiger partial charge in [-0.25, -0.2) is 4.98 Å². The summed E-state index contributed by atoms with van der Waals surface area (Å²) in [7, 11) is 0. The molecule has 6 rings (SSSR count). The van der Waals surface area contributed by atoms with Crippen LogP contribution in [0.3, 0.4) is 0 Å². The number of nitrogens with two attached hydrogens (primary N) is 2. The average Bonchev–Trinajstić information content (AvgIpc) is 3.37. The first-order valence-electron chi connectivity index (χ1n) is 13.7. The van der Waals surface area contributed by atoms with Crippen molar-refractivity contribution in [3.63, 3.8) is 0 Å². The molecule has 4 N–H and O–H groups in total. The number of nitrogens with zero attached hydrogens (tertiary/aromatic N) is 6. The monoisotopic (exact) mass is 552 g/mol. The number of hydrogen-bond acceptors (Lipinski definition) is 8. The number of para-hydroxylation sites is 1. The van der Waals surface area contributed by atoms with Gasteiger partial charge in [-0.3, -0.25) is 9.36 Å². The highest BCUT2D eigenvalue weighted by molar-refractivity contribution is 5.85. The fraction of sp³-hybridized carbons (Fsp3) is 0.182. The van der Waals surface area contributed by atoms with Gasteiger partial charge in [0.05, 0.1) is 22.6 Å². The van der Waals surface area contributed by atoms with Gasteiger partial charge in [0, 0.05) is 17.2 Å². The second kappa shape index (κ2) is 10.7. The summed E-state index contributed by atoms with van der Waals surface area (Å²) in [6.45, 7) is 4.05. The van der Waals surface area contributed by atoms with Crippen molar-refractivity contribution in [3.8, 4) is 23.6 Å². The van der Waals surface area contributed by atoms with Gasteiger partial charge in [0.2, 0.25) is 5.95 Å². The lowest BCUT2D eigenvalue weighted by Gasteiger charge is -2.31. The van der Waals surface area contributed by atoms with E-state index in [0.717, 1.165) is 17.5 Å².